The van der Waals surface area contributed by atoms with Crippen LogP contribution >= 0.6 is 0 Å². The minimum atomic E-state index is -3.65. The molecule has 6 heteroatoms. The van der Waals surface area contributed by atoms with Crippen molar-refractivity contribution in [1.29, 1.82) is 0 Å². The number of sulfonamides is 1. The van der Waals surface area contributed by atoms with Gasteiger partial charge in [0, 0.05) is 11.6 Å². The van der Waals surface area contributed by atoms with E-state index in [9.17, 15) is 13.2 Å². The van der Waals surface area contributed by atoms with Gasteiger partial charge in [-0.3, -0.25) is 9.52 Å². The summed E-state index contributed by atoms with van der Waals surface area (Å²) < 4.78 is 27.4. The molecule has 0 atom stereocenters. The zero-order valence-electron chi connectivity index (χ0n) is 12.7. The second kappa shape index (κ2) is 6.04. The normalized spacial score (nSPS) is 14.3. The quantitative estimate of drug-likeness (QED) is 0.884. The Kier molecular flexibility index (Phi) is 4.09. The molecule has 3 rings (SSSR count). The molecule has 0 aliphatic heterocycles. The molecule has 5 nitrogen and oxygen atoms in total. The largest absolute Gasteiger partial charge is 0.326 e. The molecule has 23 heavy (non-hydrogen) atoms. The molecule has 0 bridgehead atoms. The molecule has 2 aromatic rings. The van der Waals surface area contributed by atoms with Crippen molar-refractivity contribution in [3.05, 3.63) is 54.1 Å². The Balaban J connectivity index is 1.75. The highest BCUT2D eigenvalue weighted by Gasteiger charge is 2.29. The summed E-state index contributed by atoms with van der Waals surface area (Å²) in [7, 11) is -3.65. The van der Waals surface area contributed by atoms with Gasteiger partial charge in [-0.05, 0) is 55.7 Å². The molecule has 1 aliphatic carbocycles. The molecule has 0 heterocycles. The number of para-hydroxylation sites is 1. The Morgan fingerprint density at radius 1 is 1.04 bits per heavy atom. The lowest BCUT2D eigenvalue weighted by atomic mass is 10.2. The van der Waals surface area contributed by atoms with E-state index in [2.05, 4.69) is 10.0 Å². The van der Waals surface area contributed by atoms with E-state index in [0.29, 0.717) is 11.4 Å². The van der Waals surface area contributed by atoms with Crippen molar-refractivity contribution in [1.82, 2.24) is 0 Å². The minimum Gasteiger partial charge on any atom is -0.326 e. The van der Waals surface area contributed by atoms with E-state index in [4.69, 9.17) is 0 Å². The lowest BCUT2D eigenvalue weighted by Gasteiger charge is -2.11. The molecule has 0 unspecified atom stereocenters. The van der Waals surface area contributed by atoms with Gasteiger partial charge in [0.15, 0.2) is 0 Å². The molecule has 0 aromatic heterocycles. The number of hydrogen-bond acceptors (Lipinski definition) is 3. The van der Waals surface area contributed by atoms with E-state index in [-0.39, 0.29) is 16.7 Å². The molecule has 1 fully saturated rings. The van der Waals surface area contributed by atoms with Crippen LogP contribution in [0.5, 0.6) is 0 Å². The van der Waals surface area contributed by atoms with Gasteiger partial charge in [-0.1, -0.05) is 18.2 Å². The first kappa shape index (κ1) is 15.6. The highest BCUT2D eigenvalue weighted by atomic mass is 32.2. The topological polar surface area (TPSA) is 75.3 Å². The van der Waals surface area contributed by atoms with Crippen molar-refractivity contribution in [3.63, 3.8) is 0 Å². The Bertz CT molecular complexity index is 825. The van der Waals surface area contributed by atoms with Crippen molar-refractivity contribution in [2.75, 3.05) is 10.0 Å². The van der Waals surface area contributed by atoms with Crippen LogP contribution < -0.4 is 10.0 Å². The predicted molar refractivity (Wildman–Crippen MR) is 89.8 cm³/mol. The number of amides is 1. The number of hydrogen-bond donors (Lipinski definition) is 2. The average Bonchev–Trinajstić information content (AvgIpc) is 3.35. The highest BCUT2D eigenvalue weighted by Crippen LogP contribution is 2.30. The number of benzene rings is 2. The Labute approximate surface area is 135 Å². The van der Waals surface area contributed by atoms with Crippen LogP contribution in [0.2, 0.25) is 0 Å². The molecule has 1 saturated carbocycles. The number of aryl methyl sites for hydroxylation is 1. The van der Waals surface area contributed by atoms with Crippen molar-refractivity contribution in [3.8, 4) is 0 Å². The van der Waals surface area contributed by atoms with Crippen LogP contribution in [-0.2, 0) is 14.8 Å². The molecular formula is C17H18N2O3S. The Hall–Kier alpha value is -2.34. The zero-order chi connectivity index (χ0) is 16.4. The van der Waals surface area contributed by atoms with E-state index in [0.717, 1.165) is 18.4 Å². The van der Waals surface area contributed by atoms with Crippen molar-refractivity contribution in [2.24, 2.45) is 5.92 Å². The van der Waals surface area contributed by atoms with Crippen molar-refractivity contribution in [2.45, 2.75) is 24.7 Å². The number of rotatable bonds is 5. The fourth-order valence-electron chi connectivity index (χ4n) is 2.20. The van der Waals surface area contributed by atoms with Crippen molar-refractivity contribution >= 4 is 27.3 Å². The smallest absolute Gasteiger partial charge is 0.261 e. The summed E-state index contributed by atoms with van der Waals surface area (Å²) in [6.45, 7) is 1.84. The highest BCUT2D eigenvalue weighted by molar-refractivity contribution is 7.92. The van der Waals surface area contributed by atoms with Gasteiger partial charge in [0.1, 0.15) is 0 Å². The van der Waals surface area contributed by atoms with Crippen LogP contribution in [0.1, 0.15) is 18.4 Å². The summed E-state index contributed by atoms with van der Waals surface area (Å²) in [5, 5.41) is 2.79. The van der Waals surface area contributed by atoms with Crippen LogP contribution in [0.4, 0.5) is 11.4 Å². The lowest BCUT2D eigenvalue weighted by molar-refractivity contribution is -0.117. The number of anilines is 2. The van der Waals surface area contributed by atoms with Gasteiger partial charge < -0.3 is 5.32 Å². The molecule has 2 N–H and O–H groups in total. The van der Waals surface area contributed by atoms with Gasteiger partial charge in [-0.25, -0.2) is 8.42 Å². The van der Waals surface area contributed by atoms with Gasteiger partial charge in [0.2, 0.25) is 5.91 Å². The third-order valence-corrected chi connectivity index (χ3v) is 5.15. The second-order valence-corrected chi connectivity index (χ2v) is 7.39. The summed E-state index contributed by atoms with van der Waals surface area (Å²) >= 11 is 0. The number of nitrogens with one attached hydrogen (secondary N) is 2. The van der Waals surface area contributed by atoms with Crippen LogP contribution in [-0.4, -0.2) is 14.3 Å². The fraction of sp³-hybridized carbons (Fsp3) is 0.235. The average molecular weight is 330 g/mol. The third-order valence-electron chi connectivity index (χ3n) is 3.77. The van der Waals surface area contributed by atoms with E-state index in [1.54, 1.807) is 24.3 Å². The molecular weight excluding hydrogens is 312 g/mol. The summed E-state index contributed by atoms with van der Waals surface area (Å²) in [6.07, 6.45) is 1.86. The second-order valence-electron chi connectivity index (χ2n) is 5.71. The Morgan fingerprint density at radius 3 is 2.30 bits per heavy atom. The lowest BCUT2D eigenvalue weighted by Crippen LogP contribution is -2.15. The number of carbonyl (C=O) groups excluding carboxylic acids is 1. The van der Waals surface area contributed by atoms with Crippen molar-refractivity contribution < 1.29 is 13.2 Å². The first-order valence-corrected chi connectivity index (χ1v) is 8.93. The fourth-order valence-corrected chi connectivity index (χ4v) is 3.33. The van der Waals surface area contributed by atoms with Crippen LogP contribution in [0.25, 0.3) is 0 Å². The first-order chi connectivity index (χ1) is 11.0. The summed E-state index contributed by atoms with van der Waals surface area (Å²) in [5.41, 5.74) is 2.01. The monoisotopic (exact) mass is 330 g/mol. The van der Waals surface area contributed by atoms with E-state index >= 15 is 0 Å². The summed E-state index contributed by atoms with van der Waals surface area (Å²) in [6, 6.07) is 13.4. The maximum atomic E-state index is 12.4. The molecule has 120 valence electrons. The SMILES string of the molecule is Cc1ccccc1NS(=O)(=O)c1ccc(NC(=O)C2CC2)cc1. The maximum absolute atomic E-state index is 12.4. The molecule has 0 spiro atoms. The van der Waals surface area contributed by atoms with Gasteiger partial charge in [0.05, 0.1) is 10.6 Å². The summed E-state index contributed by atoms with van der Waals surface area (Å²) in [5.74, 6) is 0.111. The van der Waals surface area contributed by atoms with Gasteiger partial charge in [-0.15, -0.1) is 0 Å². The van der Waals surface area contributed by atoms with Gasteiger partial charge in [0.25, 0.3) is 10.0 Å². The molecule has 0 radical (unpaired) electrons. The summed E-state index contributed by atoms with van der Waals surface area (Å²) in [4.78, 5) is 11.9. The van der Waals surface area contributed by atoms with E-state index in [1.165, 1.54) is 12.1 Å². The van der Waals surface area contributed by atoms with Crippen LogP contribution in [0.15, 0.2) is 53.4 Å². The first-order valence-electron chi connectivity index (χ1n) is 7.45. The molecule has 1 amide bonds. The van der Waals surface area contributed by atoms with E-state index < -0.39 is 10.0 Å². The molecule has 1 aliphatic rings. The molecule has 2 aromatic carbocycles. The minimum absolute atomic E-state index is 0.00126. The van der Waals surface area contributed by atoms with Crippen LogP contribution in [0, 0.1) is 12.8 Å². The zero-order valence-corrected chi connectivity index (χ0v) is 13.6. The third kappa shape index (κ3) is 3.71. The van der Waals surface area contributed by atoms with Gasteiger partial charge in [-0.2, -0.15) is 0 Å². The Morgan fingerprint density at radius 2 is 1.70 bits per heavy atom. The maximum Gasteiger partial charge on any atom is 0.261 e. The van der Waals surface area contributed by atoms with Crippen LogP contribution in [0.3, 0.4) is 0 Å². The standard InChI is InChI=1S/C17H18N2O3S/c1-12-4-2-3-5-16(12)19-23(21,22)15-10-8-14(9-11-15)18-17(20)13-6-7-13/h2-5,8-11,13,19H,6-7H2,1H3,(H,18,20). The number of carbonyl (C=O) groups is 1. The van der Waals surface area contributed by atoms with E-state index in [1.807, 2.05) is 19.1 Å². The predicted octanol–water partition coefficient (Wildman–Crippen LogP) is 3.14. The van der Waals surface area contributed by atoms with Gasteiger partial charge >= 0.3 is 0 Å². The molecule has 0 saturated heterocycles.